The van der Waals surface area contributed by atoms with Gasteiger partial charge >= 0.3 is 5.97 Å². The molecule has 1 aliphatic heterocycles. The minimum Gasteiger partial charge on any atom is -0.469 e. The Balaban J connectivity index is 1.75. The van der Waals surface area contributed by atoms with Gasteiger partial charge in [0.1, 0.15) is 5.82 Å². The molecule has 2 rings (SSSR count). The normalized spacial score (nSPS) is 18.2. The van der Waals surface area contributed by atoms with E-state index < -0.39 is 0 Å². The zero-order chi connectivity index (χ0) is 17.4. The summed E-state index contributed by atoms with van der Waals surface area (Å²) < 4.78 is 17.6. The molecule has 1 fully saturated rings. The van der Waals surface area contributed by atoms with Crippen molar-refractivity contribution in [3.05, 3.63) is 35.6 Å². The van der Waals surface area contributed by atoms with Gasteiger partial charge in [-0.1, -0.05) is 18.6 Å². The predicted molar refractivity (Wildman–Crippen MR) is 89.0 cm³/mol. The molecular weight excluding hydrogens is 311 g/mol. The zero-order valence-electron chi connectivity index (χ0n) is 14.1. The van der Waals surface area contributed by atoms with Crippen LogP contribution < -0.4 is 5.32 Å². The van der Waals surface area contributed by atoms with E-state index in [2.05, 4.69) is 10.2 Å². The summed E-state index contributed by atoms with van der Waals surface area (Å²) in [5, 5.41) is 2.89. The average molecular weight is 336 g/mol. The fourth-order valence-corrected chi connectivity index (χ4v) is 3.01. The van der Waals surface area contributed by atoms with Crippen LogP contribution in [0.5, 0.6) is 0 Å². The van der Waals surface area contributed by atoms with Gasteiger partial charge in [-0.2, -0.15) is 0 Å². The monoisotopic (exact) mass is 336 g/mol. The van der Waals surface area contributed by atoms with Crippen molar-refractivity contribution < 1.29 is 18.7 Å². The van der Waals surface area contributed by atoms with Crippen LogP contribution >= 0.6 is 0 Å². The Hall–Kier alpha value is -1.95. The van der Waals surface area contributed by atoms with Crippen molar-refractivity contribution in [2.75, 3.05) is 26.7 Å². The molecule has 1 saturated heterocycles. The molecule has 0 unspecified atom stereocenters. The number of amides is 1. The number of halogens is 1. The Morgan fingerprint density at radius 2 is 2.04 bits per heavy atom. The number of likely N-dealkylation sites (tertiary alicyclic amines) is 1. The zero-order valence-corrected chi connectivity index (χ0v) is 14.1. The van der Waals surface area contributed by atoms with E-state index in [4.69, 9.17) is 4.74 Å². The smallest absolute Gasteiger partial charge is 0.307 e. The molecule has 1 atom stereocenters. The highest BCUT2D eigenvalue weighted by Crippen LogP contribution is 2.19. The van der Waals surface area contributed by atoms with Crippen molar-refractivity contribution in [3.8, 4) is 0 Å². The van der Waals surface area contributed by atoms with E-state index in [0.717, 1.165) is 31.4 Å². The Bertz CT molecular complexity index is 548. The average Bonchev–Trinajstić information content (AvgIpc) is 2.58. The lowest BCUT2D eigenvalue weighted by Crippen LogP contribution is -2.46. The van der Waals surface area contributed by atoms with Crippen LogP contribution in [0.2, 0.25) is 0 Å². The Morgan fingerprint density at radius 1 is 1.29 bits per heavy atom. The highest BCUT2D eigenvalue weighted by molar-refractivity contribution is 5.78. The topological polar surface area (TPSA) is 58.6 Å². The van der Waals surface area contributed by atoms with Crippen LogP contribution in [0.15, 0.2) is 24.3 Å². The molecular formula is C18H25FN2O3. The van der Waals surface area contributed by atoms with Crippen LogP contribution in [-0.4, -0.2) is 49.6 Å². The van der Waals surface area contributed by atoms with Crippen LogP contribution in [0.1, 0.15) is 31.2 Å². The van der Waals surface area contributed by atoms with Gasteiger partial charge in [-0.15, -0.1) is 0 Å². The van der Waals surface area contributed by atoms with Crippen LogP contribution in [0, 0.1) is 5.82 Å². The summed E-state index contributed by atoms with van der Waals surface area (Å²) in [6.45, 7) is 1.64. The first-order valence-corrected chi connectivity index (χ1v) is 8.40. The quantitative estimate of drug-likeness (QED) is 0.773. The summed E-state index contributed by atoms with van der Waals surface area (Å²) in [7, 11) is 1.39. The van der Waals surface area contributed by atoms with Gasteiger partial charge in [0.25, 0.3) is 0 Å². The van der Waals surface area contributed by atoms with Crippen LogP contribution in [0.4, 0.5) is 4.39 Å². The maximum Gasteiger partial charge on any atom is 0.307 e. The van der Waals surface area contributed by atoms with Crippen molar-refractivity contribution in [2.45, 2.75) is 38.1 Å². The van der Waals surface area contributed by atoms with Crippen molar-refractivity contribution in [1.29, 1.82) is 0 Å². The molecule has 5 nitrogen and oxygen atoms in total. The molecule has 0 spiro atoms. The summed E-state index contributed by atoms with van der Waals surface area (Å²) in [6.07, 6.45) is 4.03. The van der Waals surface area contributed by atoms with Gasteiger partial charge in [-0.05, 0) is 43.5 Å². The Kier molecular flexibility index (Phi) is 7.18. The third kappa shape index (κ3) is 5.92. The van der Waals surface area contributed by atoms with E-state index in [1.807, 2.05) is 0 Å². The van der Waals surface area contributed by atoms with Crippen LogP contribution in [0.25, 0.3) is 0 Å². The third-order valence-electron chi connectivity index (χ3n) is 4.37. The minimum atomic E-state index is -0.260. The van der Waals surface area contributed by atoms with Crippen molar-refractivity contribution in [3.63, 3.8) is 0 Å². The molecule has 1 aromatic carbocycles. The minimum absolute atomic E-state index is 0.0473. The van der Waals surface area contributed by atoms with Gasteiger partial charge in [-0.25, -0.2) is 4.39 Å². The predicted octanol–water partition coefficient (Wildman–Crippen LogP) is 1.90. The summed E-state index contributed by atoms with van der Waals surface area (Å²) in [4.78, 5) is 25.7. The molecule has 0 aliphatic carbocycles. The molecule has 6 heteroatoms. The van der Waals surface area contributed by atoms with E-state index in [1.54, 1.807) is 12.1 Å². The molecule has 1 N–H and O–H groups in total. The number of carbonyl (C=O) groups is 2. The third-order valence-corrected chi connectivity index (χ3v) is 4.37. The molecule has 0 bridgehead atoms. The molecule has 1 aromatic rings. The molecule has 0 saturated carbocycles. The molecule has 0 aromatic heterocycles. The number of nitrogens with one attached hydrogen (secondary N) is 1. The van der Waals surface area contributed by atoms with Gasteiger partial charge < -0.3 is 10.1 Å². The van der Waals surface area contributed by atoms with E-state index >= 15 is 0 Å². The fourth-order valence-electron chi connectivity index (χ4n) is 3.01. The number of esters is 1. The summed E-state index contributed by atoms with van der Waals surface area (Å²) in [6, 6.07) is 6.36. The van der Waals surface area contributed by atoms with E-state index in [9.17, 15) is 14.0 Å². The highest BCUT2D eigenvalue weighted by Gasteiger charge is 2.26. The van der Waals surface area contributed by atoms with Crippen molar-refractivity contribution in [2.24, 2.45) is 0 Å². The van der Waals surface area contributed by atoms with Gasteiger partial charge in [0.2, 0.25) is 5.91 Å². The molecule has 1 amide bonds. The molecule has 24 heavy (non-hydrogen) atoms. The van der Waals surface area contributed by atoms with Gasteiger partial charge in [0.15, 0.2) is 0 Å². The van der Waals surface area contributed by atoms with E-state index in [-0.39, 0.29) is 23.7 Å². The van der Waals surface area contributed by atoms with Gasteiger partial charge in [0.05, 0.1) is 20.1 Å². The first-order chi connectivity index (χ1) is 11.6. The number of rotatable bonds is 7. The Morgan fingerprint density at radius 3 is 2.75 bits per heavy atom. The van der Waals surface area contributed by atoms with Crippen molar-refractivity contribution in [1.82, 2.24) is 10.2 Å². The fraction of sp³-hybridized carbons (Fsp3) is 0.556. The molecule has 1 heterocycles. The largest absolute Gasteiger partial charge is 0.469 e. The number of ether oxygens (including phenoxy) is 1. The number of hydrogen-bond donors (Lipinski definition) is 1. The first kappa shape index (κ1) is 18.4. The molecule has 0 radical (unpaired) electrons. The van der Waals surface area contributed by atoms with Gasteiger partial charge in [-0.3, -0.25) is 14.5 Å². The maximum atomic E-state index is 12.8. The maximum absolute atomic E-state index is 12.8. The second kappa shape index (κ2) is 9.37. The Labute approximate surface area is 142 Å². The first-order valence-electron chi connectivity index (χ1n) is 8.40. The number of benzene rings is 1. The van der Waals surface area contributed by atoms with Crippen LogP contribution in [-0.2, 0) is 20.7 Å². The highest BCUT2D eigenvalue weighted by atomic mass is 19.1. The lowest BCUT2D eigenvalue weighted by atomic mass is 9.99. The number of carbonyl (C=O) groups excluding carboxylic acids is 2. The SMILES string of the molecule is COC(=O)C[C@@H]1CCCCN1CC(=O)NCCc1ccc(F)cc1. The van der Waals surface area contributed by atoms with Gasteiger partial charge in [0, 0.05) is 12.6 Å². The summed E-state index contributed by atoms with van der Waals surface area (Å²) >= 11 is 0. The summed E-state index contributed by atoms with van der Waals surface area (Å²) in [5.74, 6) is -0.540. The second-order valence-corrected chi connectivity index (χ2v) is 6.13. The summed E-state index contributed by atoms with van der Waals surface area (Å²) in [5.41, 5.74) is 0.984. The van der Waals surface area contributed by atoms with E-state index in [0.29, 0.717) is 25.9 Å². The lowest BCUT2D eigenvalue weighted by Gasteiger charge is -2.34. The molecule has 132 valence electrons. The number of methoxy groups -OCH3 is 1. The van der Waals surface area contributed by atoms with Crippen molar-refractivity contribution >= 4 is 11.9 Å². The van der Waals surface area contributed by atoms with Crippen LogP contribution in [0.3, 0.4) is 0 Å². The molecule has 1 aliphatic rings. The number of hydrogen-bond acceptors (Lipinski definition) is 4. The lowest BCUT2D eigenvalue weighted by molar-refractivity contribution is -0.143. The van der Waals surface area contributed by atoms with E-state index in [1.165, 1.54) is 19.2 Å². The number of nitrogens with zero attached hydrogens (tertiary/aromatic N) is 1. The second-order valence-electron chi connectivity index (χ2n) is 6.13. The standard InChI is InChI=1S/C18H25FN2O3/c1-24-18(23)12-16-4-2-3-11-21(16)13-17(22)20-10-9-14-5-7-15(19)8-6-14/h5-8,16H,2-4,9-13H2,1H3,(H,20,22)/t16-/m0/s1. The number of piperidine rings is 1.